The van der Waals surface area contributed by atoms with E-state index in [0.29, 0.717) is 22.7 Å². The largest absolute Gasteiger partial charge is 0.381 e. The first-order valence-corrected chi connectivity index (χ1v) is 12.4. The van der Waals surface area contributed by atoms with E-state index in [1.165, 1.54) is 11.3 Å². The van der Waals surface area contributed by atoms with E-state index in [-0.39, 0.29) is 23.5 Å². The van der Waals surface area contributed by atoms with E-state index >= 15 is 0 Å². The van der Waals surface area contributed by atoms with Gasteiger partial charge in [0.2, 0.25) is 5.91 Å². The molecule has 164 valence electrons. The molecule has 31 heavy (non-hydrogen) atoms. The molecule has 3 atom stereocenters. The maximum absolute atomic E-state index is 12.9. The molecular formula is C20H22N4O5S2. The predicted octanol–water partition coefficient (Wildman–Crippen LogP) is 0.643. The third-order valence-corrected chi connectivity index (χ3v) is 8.20. The molecule has 0 bridgehead atoms. The van der Waals surface area contributed by atoms with Crippen LogP contribution in [0.4, 0.5) is 5.69 Å². The Morgan fingerprint density at radius 2 is 1.94 bits per heavy atom. The molecule has 3 amide bonds. The van der Waals surface area contributed by atoms with Crippen LogP contribution >= 0.6 is 11.3 Å². The van der Waals surface area contributed by atoms with Crippen LogP contribution in [0, 0.1) is 0 Å². The molecule has 1 fully saturated rings. The van der Waals surface area contributed by atoms with Crippen LogP contribution in [-0.4, -0.2) is 62.3 Å². The Balaban J connectivity index is 1.60. The van der Waals surface area contributed by atoms with Gasteiger partial charge in [-0.25, -0.2) is 8.42 Å². The number of carbonyl (C=O) groups excluding carboxylic acids is 3. The molecule has 11 heteroatoms. The fraction of sp³-hybridized carbons (Fsp3) is 0.350. The number of benzene rings is 1. The second-order valence-electron chi connectivity index (χ2n) is 7.75. The molecule has 1 aromatic carbocycles. The van der Waals surface area contributed by atoms with Crippen molar-refractivity contribution in [3.63, 3.8) is 0 Å². The number of rotatable bonds is 4. The van der Waals surface area contributed by atoms with Gasteiger partial charge in [0.05, 0.1) is 29.3 Å². The Morgan fingerprint density at radius 3 is 2.65 bits per heavy atom. The molecule has 2 aromatic rings. The van der Waals surface area contributed by atoms with Gasteiger partial charge in [0.25, 0.3) is 11.8 Å². The van der Waals surface area contributed by atoms with Gasteiger partial charge >= 0.3 is 0 Å². The fourth-order valence-corrected chi connectivity index (χ4v) is 6.72. The van der Waals surface area contributed by atoms with Crippen LogP contribution in [0.1, 0.15) is 27.0 Å². The average molecular weight is 463 g/mol. The Morgan fingerprint density at radius 1 is 1.23 bits per heavy atom. The average Bonchev–Trinajstić information content (AvgIpc) is 3.17. The standard InChI is InChI=1S/C20H22N4O5S2/c1-3-16(25)23-13-8-31(28,29)9-14(13)24-19(26)11-4-5-15-12(6-11)17-18(30-15)20(27)22-10(2)7-21-17/h3-6,10,13-14,21H,1,7-9H2,2H3,(H,22,27)(H,23,25)(H,24,26). The number of nitrogens with one attached hydrogen (secondary N) is 4. The number of carbonyl (C=O) groups is 3. The molecule has 1 saturated heterocycles. The summed E-state index contributed by atoms with van der Waals surface area (Å²) < 4.78 is 25.0. The summed E-state index contributed by atoms with van der Waals surface area (Å²) >= 11 is 1.34. The molecule has 3 heterocycles. The molecule has 0 aliphatic carbocycles. The molecule has 2 aliphatic heterocycles. The van der Waals surface area contributed by atoms with Crippen molar-refractivity contribution in [3.05, 3.63) is 41.3 Å². The number of hydrogen-bond acceptors (Lipinski definition) is 7. The van der Waals surface area contributed by atoms with E-state index < -0.39 is 33.7 Å². The van der Waals surface area contributed by atoms with Crippen LogP contribution < -0.4 is 21.3 Å². The van der Waals surface area contributed by atoms with Crippen LogP contribution in [0.15, 0.2) is 30.9 Å². The van der Waals surface area contributed by atoms with Crippen LogP contribution in [0.5, 0.6) is 0 Å². The molecule has 1 aromatic heterocycles. The SMILES string of the molecule is C=CC(=O)NC1CS(=O)(=O)CC1NC(=O)c1ccc2sc3c(c2c1)NCC(C)NC3=O. The second kappa shape index (κ2) is 7.97. The number of hydrogen-bond donors (Lipinski definition) is 4. The van der Waals surface area contributed by atoms with Gasteiger partial charge in [0, 0.05) is 28.2 Å². The zero-order chi connectivity index (χ0) is 22.3. The molecule has 0 saturated carbocycles. The highest BCUT2D eigenvalue weighted by atomic mass is 32.2. The number of thiophene rings is 1. The first-order valence-electron chi connectivity index (χ1n) is 9.72. The summed E-state index contributed by atoms with van der Waals surface area (Å²) in [5.74, 6) is -1.60. The lowest BCUT2D eigenvalue weighted by molar-refractivity contribution is -0.117. The highest BCUT2D eigenvalue weighted by Gasteiger charge is 2.39. The van der Waals surface area contributed by atoms with Crippen molar-refractivity contribution in [2.45, 2.75) is 25.0 Å². The van der Waals surface area contributed by atoms with Gasteiger partial charge in [0.1, 0.15) is 4.88 Å². The van der Waals surface area contributed by atoms with Gasteiger partial charge < -0.3 is 21.3 Å². The maximum atomic E-state index is 12.9. The molecule has 3 unspecified atom stereocenters. The van der Waals surface area contributed by atoms with Crippen molar-refractivity contribution >= 4 is 54.7 Å². The van der Waals surface area contributed by atoms with Crippen LogP contribution in [0.2, 0.25) is 0 Å². The van der Waals surface area contributed by atoms with Gasteiger partial charge in [-0.3, -0.25) is 14.4 Å². The predicted molar refractivity (Wildman–Crippen MR) is 119 cm³/mol. The van der Waals surface area contributed by atoms with E-state index in [9.17, 15) is 22.8 Å². The van der Waals surface area contributed by atoms with Gasteiger partial charge in [-0.2, -0.15) is 0 Å². The van der Waals surface area contributed by atoms with Gasteiger partial charge in [0.15, 0.2) is 9.84 Å². The summed E-state index contributed by atoms with van der Waals surface area (Å²) in [6.45, 7) is 5.83. The van der Waals surface area contributed by atoms with Crippen LogP contribution in [0.25, 0.3) is 10.1 Å². The number of anilines is 1. The van der Waals surface area contributed by atoms with Crippen molar-refractivity contribution < 1.29 is 22.8 Å². The van der Waals surface area contributed by atoms with E-state index in [4.69, 9.17) is 0 Å². The summed E-state index contributed by atoms with van der Waals surface area (Å²) in [4.78, 5) is 37.5. The monoisotopic (exact) mass is 462 g/mol. The van der Waals surface area contributed by atoms with Gasteiger partial charge in [-0.1, -0.05) is 6.58 Å². The molecule has 0 radical (unpaired) electrons. The Labute approximate surface area is 183 Å². The molecular weight excluding hydrogens is 440 g/mol. The highest BCUT2D eigenvalue weighted by Crippen LogP contribution is 2.37. The lowest BCUT2D eigenvalue weighted by Gasteiger charge is -2.20. The lowest BCUT2D eigenvalue weighted by Crippen LogP contribution is -2.50. The summed E-state index contributed by atoms with van der Waals surface area (Å²) in [5.41, 5.74) is 1.03. The molecule has 0 spiro atoms. The molecule has 4 N–H and O–H groups in total. The molecule has 9 nitrogen and oxygen atoms in total. The first-order chi connectivity index (χ1) is 14.7. The Kier molecular flexibility index (Phi) is 5.48. The van der Waals surface area contributed by atoms with Crippen molar-refractivity contribution in [1.82, 2.24) is 16.0 Å². The van der Waals surface area contributed by atoms with Crippen LogP contribution in [0.3, 0.4) is 0 Å². The first kappa shape index (κ1) is 21.3. The van der Waals surface area contributed by atoms with E-state index in [2.05, 4.69) is 27.8 Å². The summed E-state index contributed by atoms with van der Waals surface area (Å²) in [6.07, 6.45) is 1.06. The number of sulfone groups is 1. The van der Waals surface area contributed by atoms with Gasteiger partial charge in [-0.05, 0) is 31.2 Å². The minimum absolute atomic E-state index is 0.0272. The number of amides is 3. The maximum Gasteiger partial charge on any atom is 0.263 e. The normalized spacial score (nSPS) is 24.4. The minimum Gasteiger partial charge on any atom is -0.381 e. The quantitative estimate of drug-likeness (QED) is 0.493. The third kappa shape index (κ3) is 4.28. The highest BCUT2D eigenvalue weighted by molar-refractivity contribution is 7.91. The molecule has 4 rings (SSSR count). The summed E-state index contributed by atoms with van der Waals surface area (Å²) in [5, 5.41) is 12.2. The zero-order valence-electron chi connectivity index (χ0n) is 16.7. The summed E-state index contributed by atoms with van der Waals surface area (Å²) in [6, 6.07) is 3.59. The Bertz CT molecular complexity index is 1200. The Hall–Kier alpha value is -2.92. The second-order valence-corrected chi connectivity index (χ2v) is 11.0. The van der Waals surface area contributed by atoms with E-state index in [1.54, 1.807) is 18.2 Å². The van der Waals surface area contributed by atoms with Crippen molar-refractivity contribution in [2.24, 2.45) is 0 Å². The minimum atomic E-state index is -3.40. The molecule has 2 aliphatic rings. The zero-order valence-corrected chi connectivity index (χ0v) is 18.4. The smallest absolute Gasteiger partial charge is 0.263 e. The van der Waals surface area contributed by atoms with Crippen molar-refractivity contribution in [1.29, 1.82) is 0 Å². The van der Waals surface area contributed by atoms with Crippen molar-refractivity contribution in [2.75, 3.05) is 23.4 Å². The fourth-order valence-electron chi connectivity index (χ4n) is 3.80. The van der Waals surface area contributed by atoms with Crippen molar-refractivity contribution in [3.8, 4) is 0 Å². The van der Waals surface area contributed by atoms with E-state index in [0.717, 1.165) is 16.2 Å². The topological polar surface area (TPSA) is 133 Å². The summed E-state index contributed by atoms with van der Waals surface area (Å²) in [7, 11) is -3.40. The van der Waals surface area contributed by atoms with E-state index in [1.807, 2.05) is 6.92 Å². The third-order valence-electron chi connectivity index (χ3n) is 5.30. The lowest BCUT2D eigenvalue weighted by atomic mass is 10.1. The van der Waals surface area contributed by atoms with Crippen LogP contribution in [-0.2, 0) is 14.6 Å². The number of fused-ring (bicyclic) bond motifs is 3. The van der Waals surface area contributed by atoms with Gasteiger partial charge in [-0.15, -0.1) is 11.3 Å².